The number of nitrogens with one attached hydrogen (secondary N) is 1. The molecule has 4 heteroatoms. The lowest BCUT2D eigenvalue weighted by Crippen LogP contribution is -2.21. The predicted octanol–water partition coefficient (Wildman–Crippen LogP) is 1.30. The maximum Gasteiger partial charge on any atom is 0.179 e. The van der Waals surface area contributed by atoms with E-state index >= 15 is 0 Å². The number of aryl methyl sites for hydroxylation is 1. The van der Waals surface area contributed by atoms with Crippen LogP contribution in [-0.2, 0) is 6.42 Å². The molecule has 0 saturated carbocycles. The molecule has 11 heavy (non-hydrogen) atoms. The zero-order valence-electron chi connectivity index (χ0n) is 5.80. The third-order valence-electron chi connectivity index (χ3n) is 1.92. The van der Waals surface area contributed by atoms with Gasteiger partial charge in [-0.1, -0.05) is 15.9 Å². The molecule has 2 rings (SSSR count). The molecular weight excluding hydrogens is 208 g/mol. The minimum Gasteiger partial charge on any atom is -0.293 e. The average molecular weight is 215 g/mol. The van der Waals surface area contributed by atoms with E-state index in [1.165, 1.54) is 0 Å². The quantitative estimate of drug-likeness (QED) is 0.663. The predicted molar refractivity (Wildman–Crippen MR) is 44.0 cm³/mol. The zero-order chi connectivity index (χ0) is 7.84. The van der Waals surface area contributed by atoms with Crippen LogP contribution >= 0.6 is 15.9 Å². The van der Waals surface area contributed by atoms with Gasteiger partial charge in [0.1, 0.15) is 0 Å². The lowest BCUT2D eigenvalue weighted by atomic mass is 9.97. The number of nitrogens with zero attached hydrogens (tertiary/aromatic N) is 1. The molecule has 1 aromatic heterocycles. The largest absolute Gasteiger partial charge is 0.293 e. The van der Waals surface area contributed by atoms with Crippen LogP contribution in [0.5, 0.6) is 0 Å². The topological polar surface area (TPSA) is 45.8 Å². The minimum atomic E-state index is -0.00685. The summed E-state index contributed by atoms with van der Waals surface area (Å²) in [5, 5.41) is 6.64. The van der Waals surface area contributed by atoms with Crippen molar-refractivity contribution in [3.8, 4) is 0 Å². The zero-order valence-corrected chi connectivity index (χ0v) is 7.39. The second kappa shape index (κ2) is 2.44. The highest BCUT2D eigenvalue weighted by Gasteiger charge is 2.26. The van der Waals surface area contributed by atoms with Crippen molar-refractivity contribution >= 4 is 21.7 Å². The van der Waals surface area contributed by atoms with Gasteiger partial charge in [-0.25, -0.2) is 0 Å². The smallest absolute Gasteiger partial charge is 0.179 e. The van der Waals surface area contributed by atoms with E-state index in [4.69, 9.17) is 0 Å². The molecule has 1 aromatic rings. The van der Waals surface area contributed by atoms with Gasteiger partial charge in [0.15, 0.2) is 5.78 Å². The fraction of sp³-hybridized carbons (Fsp3) is 0.429. The molecule has 1 atom stereocenters. The summed E-state index contributed by atoms with van der Waals surface area (Å²) in [6.45, 7) is 0. The molecule has 0 aliphatic heterocycles. The number of hydrogen-bond acceptors (Lipinski definition) is 2. The maximum atomic E-state index is 11.4. The Hall–Kier alpha value is -0.640. The third-order valence-corrected chi connectivity index (χ3v) is 2.79. The summed E-state index contributed by atoms with van der Waals surface area (Å²) in [6, 6.07) is 0. The number of Topliss-reactive ketones (excluding diaryl/α,β-unsaturated/α-hetero) is 1. The number of aromatic nitrogens is 2. The fourth-order valence-corrected chi connectivity index (χ4v) is 1.76. The Morgan fingerprint density at radius 2 is 2.55 bits per heavy atom. The van der Waals surface area contributed by atoms with Crippen molar-refractivity contribution in [1.82, 2.24) is 10.2 Å². The van der Waals surface area contributed by atoms with Crippen molar-refractivity contribution in [2.24, 2.45) is 0 Å². The monoisotopic (exact) mass is 214 g/mol. The molecule has 58 valence electrons. The molecular formula is C7H7BrN2O. The highest BCUT2D eigenvalue weighted by atomic mass is 79.9. The molecule has 0 saturated heterocycles. The molecule has 1 heterocycles. The Bertz CT molecular complexity index is 294. The number of alkyl halides is 1. The van der Waals surface area contributed by atoms with Crippen molar-refractivity contribution in [3.63, 3.8) is 0 Å². The number of carbonyl (C=O) groups excluding carboxylic acids is 1. The second-order valence-corrected chi connectivity index (χ2v) is 3.74. The summed E-state index contributed by atoms with van der Waals surface area (Å²) in [7, 11) is 0. The van der Waals surface area contributed by atoms with Crippen LogP contribution in [0.3, 0.4) is 0 Å². The maximum absolute atomic E-state index is 11.4. The number of hydrogen-bond donors (Lipinski definition) is 1. The summed E-state index contributed by atoms with van der Waals surface area (Å²) in [5.74, 6) is 0.153. The number of halogens is 1. The molecule has 0 fully saturated rings. The van der Waals surface area contributed by atoms with Gasteiger partial charge in [0.2, 0.25) is 0 Å². The molecule has 1 N–H and O–H groups in total. The fourth-order valence-electron chi connectivity index (χ4n) is 1.29. The van der Waals surface area contributed by atoms with Gasteiger partial charge in [0, 0.05) is 5.69 Å². The summed E-state index contributed by atoms with van der Waals surface area (Å²) < 4.78 is 0. The highest BCUT2D eigenvalue weighted by Crippen LogP contribution is 2.23. The van der Waals surface area contributed by atoms with E-state index in [1.807, 2.05) is 0 Å². The lowest BCUT2D eigenvalue weighted by Gasteiger charge is -2.13. The van der Waals surface area contributed by atoms with Crippen molar-refractivity contribution in [3.05, 3.63) is 17.5 Å². The first-order chi connectivity index (χ1) is 5.29. The first-order valence-corrected chi connectivity index (χ1v) is 4.41. The number of ketones is 1. The molecule has 0 aromatic carbocycles. The van der Waals surface area contributed by atoms with E-state index < -0.39 is 0 Å². The minimum absolute atomic E-state index is 0.00685. The second-order valence-electron chi connectivity index (χ2n) is 2.63. The Morgan fingerprint density at radius 1 is 1.73 bits per heavy atom. The van der Waals surface area contributed by atoms with E-state index in [0.29, 0.717) is 0 Å². The number of carbonyl (C=O) groups is 1. The molecule has 3 nitrogen and oxygen atoms in total. The van der Waals surface area contributed by atoms with Crippen molar-refractivity contribution in [1.29, 1.82) is 0 Å². The van der Waals surface area contributed by atoms with Crippen molar-refractivity contribution in [2.45, 2.75) is 17.7 Å². The highest BCUT2D eigenvalue weighted by molar-refractivity contribution is 9.10. The summed E-state index contributed by atoms with van der Waals surface area (Å²) in [4.78, 5) is 11.4. The van der Waals surface area contributed by atoms with Crippen LogP contribution in [-0.4, -0.2) is 20.8 Å². The molecule has 0 radical (unpaired) electrons. The van der Waals surface area contributed by atoms with Crippen molar-refractivity contribution in [2.75, 3.05) is 0 Å². The lowest BCUT2D eigenvalue weighted by molar-refractivity contribution is 0.0981. The average Bonchev–Trinajstić information content (AvgIpc) is 2.45. The van der Waals surface area contributed by atoms with Crippen LogP contribution in [0.4, 0.5) is 0 Å². The first kappa shape index (κ1) is 7.03. The van der Waals surface area contributed by atoms with Gasteiger partial charge in [0.05, 0.1) is 16.6 Å². The Kier molecular flexibility index (Phi) is 1.56. The van der Waals surface area contributed by atoms with Crippen molar-refractivity contribution < 1.29 is 4.79 Å². The molecule has 1 aliphatic rings. The number of H-pyrrole nitrogens is 1. The van der Waals surface area contributed by atoms with Gasteiger partial charge in [0.25, 0.3) is 0 Å². The van der Waals surface area contributed by atoms with E-state index in [9.17, 15) is 4.79 Å². The van der Waals surface area contributed by atoms with E-state index in [2.05, 4.69) is 26.1 Å². The first-order valence-electron chi connectivity index (χ1n) is 3.49. The summed E-state index contributed by atoms with van der Waals surface area (Å²) in [5.41, 5.74) is 1.73. The van der Waals surface area contributed by atoms with E-state index in [-0.39, 0.29) is 10.6 Å². The summed E-state index contributed by atoms with van der Waals surface area (Å²) in [6.07, 6.45) is 3.39. The van der Waals surface area contributed by atoms with Gasteiger partial charge in [-0.3, -0.25) is 9.89 Å². The molecule has 0 bridgehead atoms. The van der Waals surface area contributed by atoms with Crippen LogP contribution in [0.15, 0.2) is 6.20 Å². The Labute approximate surface area is 72.3 Å². The molecule has 0 spiro atoms. The van der Waals surface area contributed by atoms with Crippen LogP contribution in [0.25, 0.3) is 0 Å². The molecule has 0 amide bonds. The van der Waals surface area contributed by atoms with Crippen LogP contribution in [0.1, 0.15) is 22.5 Å². The van der Waals surface area contributed by atoms with Gasteiger partial charge >= 0.3 is 0 Å². The van der Waals surface area contributed by atoms with Crippen LogP contribution < -0.4 is 0 Å². The van der Waals surface area contributed by atoms with E-state index in [0.717, 1.165) is 24.1 Å². The third kappa shape index (κ3) is 1.01. The van der Waals surface area contributed by atoms with Gasteiger partial charge < -0.3 is 0 Å². The van der Waals surface area contributed by atoms with E-state index in [1.54, 1.807) is 6.20 Å². The Morgan fingerprint density at radius 3 is 3.36 bits per heavy atom. The number of aromatic amines is 1. The van der Waals surface area contributed by atoms with Gasteiger partial charge in [-0.05, 0) is 12.8 Å². The number of fused-ring (bicyclic) bond motifs is 1. The number of rotatable bonds is 0. The van der Waals surface area contributed by atoms with Gasteiger partial charge in [-0.2, -0.15) is 5.10 Å². The normalized spacial score (nSPS) is 23.4. The van der Waals surface area contributed by atoms with Crippen LogP contribution in [0, 0.1) is 0 Å². The standard InChI is InChI=1S/C7H7BrN2O/c8-5-1-2-6-4(7(5)11)3-9-10-6/h3,5H,1-2H2,(H,9,10)/t5-/m0/s1. The Balaban J connectivity index is 2.46. The SMILES string of the molecule is O=C1c2cn[nH]c2CC[C@@H]1Br. The van der Waals surface area contributed by atoms with Crippen LogP contribution in [0.2, 0.25) is 0 Å². The molecule has 0 unspecified atom stereocenters. The molecule has 1 aliphatic carbocycles. The summed E-state index contributed by atoms with van der Waals surface area (Å²) >= 11 is 3.32. The van der Waals surface area contributed by atoms with Gasteiger partial charge in [-0.15, -0.1) is 0 Å².